The van der Waals surface area contributed by atoms with Crippen LogP contribution in [0.15, 0.2) is 0 Å². The van der Waals surface area contributed by atoms with E-state index < -0.39 is 5.47 Å². The molecule has 0 rings (SSSR count). The van der Waals surface area contributed by atoms with Gasteiger partial charge in [0.2, 0.25) is 0 Å². The van der Waals surface area contributed by atoms with Crippen molar-refractivity contribution >= 4 is 27.8 Å². The molecule has 1 nitrogen and oxygen atoms in total. The van der Waals surface area contributed by atoms with Crippen molar-refractivity contribution in [2.24, 2.45) is 0 Å². The first-order chi connectivity index (χ1) is 5.56. The lowest BCUT2D eigenvalue weighted by Crippen LogP contribution is -1.93. The van der Waals surface area contributed by atoms with Gasteiger partial charge in [0.1, 0.15) is 0 Å². The first-order valence-corrected chi connectivity index (χ1v) is 10.0. The van der Waals surface area contributed by atoms with Crippen LogP contribution < -0.4 is 0 Å². The summed E-state index contributed by atoms with van der Waals surface area (Å²) in [7, 11) is 2.14. The van der Waals surface area contributed by atoms with Crippen LogP contribution in [0.25, 0.3) is 0 Å². The zero-order valence-electron chi connectivity index (χ0n) is 8.54. The van der Waals surface area contributed by atoms with Crippen LogP contribution in [0.3, 0.4) is 0 Å². The summed E-state index contributed by atoms with van der Waals surface area (Å²) in [6.45, 7) is 2.23. The highest BCUT2D eigenvalue weighted by Gasteiger charge is 2.11. The van der Waals surface area contributed by atoms with Gasteiger partial charge in [-0.25, -0.2) is 0 Å². The zero-order valence-corrected chi connectivity index (χ0v) is 11.1. The lowest BCUT2D eigenvalue weighted by molar-refractivity contribution is 0.468. The molecule has 0 aromatic rings. The molecule has 1 atom stereocenters. The van der Waals surface area contributed by atoms with E-state index >= 15 is 0 Å². The highest BCUT2D eigenvalue weighted by atomic mass is 32.9. The summed E-state index contributed by atoms with van der Waals surface area (Å²) in [6.07, 6.45) is 9.50. The van der Waals surface area contributed by atoms with Gasteiger partial charge in [0.25, 0.3) is 0 Å². The average molecular weight is 228 g/mol. The third-order valence-electron chi connectivity index (χ3n) is 1.90. The Hall–Kier alpha value is 1.09. The molecule has 0 bridgehead atoms. The molecule has 1 unspecified atom stereocenters. The lowest BCUT2D eigenvalue weighted by Gasteiger charge is -2.20. The minimum absolute atomic E-state index is 0.331. The number of hydrogen-bond acceptors (Lipinski definition) is 1. The molecule has 0 radical (unpaired) electrons. The zero-order chi connectivity index (χ0) is 9.61. The number of hydrogen-bond donors (Lipinski definition) is 1. The Morgan fingerprint density at radius 3 is 2.25 bits per heavy atom. The van der Waals surface area contributed by atoms with Gasteiger partial charge in [-0.2, -0.15) is 10.1 Å². The van der Waals surface area contributed by atoms with Gasteiger partial charge in [-0.15, -0.1) is 12.2 Å². The van der Waals surface area contributed by atoms with E-state index in [1.54, 1.807) is 7.11 Å². The second kappa shape index (κ2) is 6.53. The molecule has 4 heteroatoms. The van der Waals surface area contributed by atoms with E-state index in [-0.39, 0.29) is 0 Å². The molecule has 76 valence electrons. The van der Waals surface area contributed by atoms with Crippen molar-refractivity contribution < 1.29 is 4.52 Å². The van der Waals surface area contributed by atoms with Crippen molar-refractivity contribution in [2.45, 2.75) is 26.2 Å². The van der Waals surface area contributed by atoms with Crippen molar-refractivity contribution in [2.75, 3.05) is 25.8 Å². The first kappa shape index (κ1) is 13.1. The monoisotopic (exact) mass is 228 g/mol. The summed E-state index contributed by atoms with van der Waals surface area (Å²) in [5, 5.41) is 0. The maximum Gasteiger partial charge on any atom is 0.0778 e. The van der Waals surface area contributed by atoms with E-state index in [0.29, 0.717) is 10.1 Å². The molecule has 0 N–H and O–H groups in total. The van der Waals surface area contributed by atoms with Crippen LogP contribution >= 0.6 is 17.7 Å². The van der Waals surface area contributed by atoms with Crippen LogP contribution in [-0.2, 0) is 14.6 Å². The Morgan fingerprint density at radius 1 is 1.33 bits per heavy atom. The molecule has 0 aromatic carbocycles. The molecule has 0 saturated heterocycles. The molecule has 0 fully saturated rings. The Balaban J connectivity index is 4.09. The average Bonchev–Trinajstić information content (AvgIpc) is 2.04. The van der Waals surface area contributed by atoms with E-state index in [1.807, 2.05) is 0 Å². The molecular weight excluding hydrogens is 207 g/mol. The molecular formula is C8H21OPS2. The predicted octanol–water partition coefficient (Wildman–Crippen LogP) is 3.39. The third kappa shape index (κ3) is 4.36. The second-order valence-corrected chi connectivity index (χ2v) is 13.4. The van der Waals surface area contributed by atoms with Gasteiger partial charge in [-0.1, -0.05) is 19.8 Å². The van der Waals surface area contributed by atoms with E-state index in [0.717, 1.165) is 0 Å². The Morgan fingerprint density at radius 2 is 1.92 bits per heavy atom. The molecule has 0 aromatic heterocycles. The predicted molar refractivity (Wildman–Crippen MR) is 66.5 cm³/mol. The summed E-state index contributed by atoms with van der Waals surface area (Å²) in [4.78, 5) is 0. The van der Waals surface area contributed by atoms with E-state index in [2.05, 4.69) is 31.7 Å². The molecule has 0 aliphatic heterocycles. The first-order valence-electron chi connectivity index (χ1n) is 4.31. The maximum atomic E-state index is 5.53. The maximum absolute atomic E-state index is 5.53. The fraction of sp³-hybridized carbons (Fsp3) is 1.00. The van der Waals surface area contributed by atoms with Crippen molar-refractivity contribution in [3.05, 3.63) is 0 Å². The van der Waals surface area contributed by atoms with Crippen molar-refractivity contribution in [1.29, 1.82) is 0 Å². The van der Waals surface area contributed by atoms with Gasteiger partial charge in [0.15, 0.2) is 0 Å². The topological polar surface area (TPSA) is 9.23 Å². The van der Waals surface area contributed by atoms with Crippen LogP contribution in [0.2, 0.25) is 0 Å². The van der Waals surface area contributed by atoms with Crippen LogP contribution in [0.4, 0.5) is 0 Å². The van der Waals surface area contributed by atoms with Crippen LogP contribution in [-0.4, -0.2) is 25.8 Å². The molecule has 0 aliphatic rings. The van der Waals surface area contributed by atoms with Crippen LogP contribution in [0, 0.1) is 0 Å². The molecule has 0 saturated carbocycles. The standard InChI is InChI=1S/C8H21OPS2/c1-5-6-7-8-10(11,9-2)12(3)4/h11H,5-8H2,1-4H3. The number of unbranched alkanes of at least 4 members (excludes halogenated alkanes) is 2. The summed E-state index contributed by atoms with van der Waals surface area (Å²) in [6, 6.07) is 0. The van der Waals surface area contributed by atoms with E-state index in [9.17, 15) is 0 Å². The second-order valence-electron chi connectivity index (χ2n) is 3.02. The normalized spacial score (nSPS) is 16.5. The van der Waals surface area contributed by atoms with Gasteiger partial charge in [-0.05, 0) is 18.9 Å². The van der Waals surface area contributed by atoms with Gasteiger partial charge in [0.05, 0.1) is 5.47 Å². The minimum Gasteiger partial charge on any atom is -0.349 e. The molecule has 0 aliphatic carbocycles. The Kier molecular flexibility index (Phi) is 7.12. The summed E-state index contributed by atoms with van der Waals surface area (Å²) in [5.41, 5.74) is -1.33. The van der Waals surface area contributed by atoms with Crippen LogP contribution in [0.5, 0.6) is 0 Å². The molecule has 12 heavy (non-hydrogen) atoms. The fourth-order valence-corrected chi connectivity index (χ4v) is 5.26. The molecule has 0 amide bonds. The summed E-state index contributed by atoms with van der Waals surface area (Å²) >= 11 is 4.69. The quantitative estimate of drug-likeness (QED) is 0.431. The Labute approximate surface area is 84.5 Å². The lowest BCUT2D eigenvalue weighted by atomic mass is 10.3. The number of thiol groups is 1. The summed E-state index contributed by atoms with van der Waals surface area (Å²) in [5.74, 6) is 0. The number of rotatable bonds is 5. The van der Waals surface area contributed by atoms with E-state index in [1.165, 1.54) is 25.4 Å². The van der Waals surface area contributed by atoms with Gasteiger partial charge < -0.3 is 4.52 Å². The van der Waals surface area contributed by atoms with Crippen molar-refractivity contribution in [1.82, 2.24) is 0 Å². The molecule has 0 heterocycles. The Bertz CT molecular complexity index is 176. The SMILES string of the molecule is CCCCCP(S)(OC)=S(C)C. The van der Waals surface area contributed by atoms with Gasteiger partial charge >= 0.3 is 0 Å². The van der Waals surface area contributed by atoms with Crippen molar-refractivity contribution in [3.63, 3.8) is 0 Å². The highest BCUT2D eigenvalue weighted by molar-refractivity contribution is 8.67. The van der Waals surface area contributed by atoms with E-state index in [4.69, 9.17) is 4.52 Å². The molecule has 0 spiro atoms. The smallest absolute Gasteiger partial charge is 0.0778 e. The third-order valence-corrected chi connectivity index (χ3v) is 12.9. The fourth-order valence-electron chi connectivity index (χ4n) is 0.985. The van der Waals surface area contributed by atoms with Gasteiger partial charge in [-0.3, -0.25) is 0 Å². The largest absolute Gasteiger partial charge is 0.349 e. The minimum atomic E-state index is -1.33. The van der Waals surface area contributed by atoms with Crippen LogP contribution in [0.1, 0.15) is 26.2 Å². The van der Waals surface area contributed by atoms with Gasteiger partial charge in [0, 0.05) is 13.3 Å². The summed E-state index contributed by atoms with van der Waals surface area (Å²) < 4.78 is 5.53. The van der Waals surface area contributed by atoms with Crippen molar-refractivity contribution in [3.8, 4) is 0 Å². The highest BCUT2D eigenvalue weighted by Crippen LogP contribution is 2.56.